The van der Waals surface area contributed by atoms with Gasteiger partial charge in [0.1, 0.15) is 5.54 Å². The fraction of sp³-hybridized carbons (Fsp3) is 0.200. The lowest BCUT2D eigenvalue weighted by Gasteiger charge is -2.26. The Balaban J connectivity index is 1.93. The van der Waals surface area contributed by atoms with Crippen molar-refractivity contribution in [3.63, 3.8) is 0 Å². The Morgan fingerprint density at radius 3 is 2.27 bits per heavy atom. The number of sulfone groups is 1. The molecule has 1 aromatic heterocycles. The number of nitrogens with zero attached hydrogens (tertiary/aromatic N) is 3. The summed E-state index contributed by atoms with van der Waals surface area (Å²) in [5.41, 5.74) is 0.0791. The molecule has 0 bridgehead atoms. The van der Waals surface area contributed by atoms with E-state index in [1.165, 1.54) is 15.7 Å². The van der Waals surface area contributed by atoms with Crippen LogP contribution < -0.4 is 4.90 Å². The summed E-state index contributed by atoms with van der Waals surface area (Å²) in [5.74, 6) is -0.116. The van der Waals surface area contributed by atoms with Crippen LogP contribution >= 0.6 is 39.1 Å². The molecule has 10 heteroatoms. The van der Waals surface area contributed by atoms with Gasteiger partial charge in [-0.2, -0.15) is 0 Å². The lowest BCUT2D eigenvalue weighted by Crippen LogP contribution is -2.41. The van der Waals surface area contributed by atoms with E-state index in [9.17, 15) is 13.2 Å². The van der Waals surface area contributed by atoms with Gasteiger partial charge < -0.3 is 0 Å². The Hall–Kier alpha value is -1.87. The summed E-state index contributed by atoms with van der Waals surface area (Å²) in [4.78, 5) is 19.3. The molecule has 4 rings (SSSR count). The second kappa shape index (κ2) is 7.37. The van der Waals surface area contributed by atoms with Gasteiger partial charge in [-0.15, -0.1) is 0 Å². The molecule has 30 heavy (non-hydrogen) atoms. The molecule has 1 amide bonds. The van der Waals surface area contributed by atoms with E-state index in [1.54, 1.807) is 25.1 Å². The number of carbonyl (C=O) groups excluding carboxylic acids is 1. The van der Waals surface area contributed by atoms with Crippen LogP contribution in [0, 0.1) is 0 Å². The second-order valence-corrected chi connectivity index (χ2v) is 11.1. The zero-order chi connectivity index (χ0) is 21.8. The van der Waals surface area contributed by atoms with Gasteiger partial charge in [-0.1, -0.05) is 51.3 Å². The average Bonchev–Trinajstić information content (AvgIpc) is 3.16. The van der Waals surface area contributed by atoms with E-state index in [1.807, 2.05) is 24.3 Å². The normalized spacial score (nSPS) is 18.7. The van der Waals surface area contributed by atoms with E-state index >= 15 is 0 Å². The predicted octanol–water partition coefficient (Wildman–Crippen LogP) is 4.99. The quantitative estimate of drug-likeness (QED) is 0.478. The lowest BCUT2D eigenvalue weighted by molar-refractivity contribution is -0.124. The minimum absolute atomic E-state index is 0.0268. The topological polar surface area (TPSA) is 72.3 Å². The van der Waals surface area contributed by atoms with E-state index in [4.69, 9.17) is 23.2 Å². The molecule has 0 saturated heterocycles. The Morgan fingerprint density at radius 1 is 1.10 bits per heavy atom. The number of carbonyl (C=O) groups is 1. The molecule has 0 N–H and O–H groups in total. The molecule has 156 valence electrons. The number of aromatic nitrogens is 2. The molecule has 2 aromatic carbocycles. The van der Waals surface area contributed by atoms with Gasteiger partial charge in [-0.25, -0.2) is 18.3 Å². The fourth-order valence-electron chi connectivity index (χ4n) is 3.69. The second-order valence-electron chi connectivity index (χ2n) is 7.35. The van der Waals surface area contributed by atoms with E-state index < -0.39 is 15.4 Å². The lowest BCUT2D eigenvalue weighted by atomic mass is 9.92. The first kappa shape index (κ1) is 21.4. The van der Waals surface area contributed by atoms with Gasteiger partial charge in [0.15, 0.2) is 14.9 Å². The van der Waals surface area contributed by atoms with Crippen LogP contribution in [-0.4, -0.2) is 30.1 Å². The highest BCUT2D eigenvalue weighted by molar-refractivity contribution is 9.10. The molecule has 0 saturated carbocycles. The van der Waals surface area contributed by atoms with Crippen molar-refractivity contribution in [2.45, 2.75) is 23.9 Å². The summed E-state index contributed by atoms with van der Waals surface area (Å²) in [7, 11) is -3.64. The first-order chi connectivity index (χ1) is 14.0. The number of hydrogen-bond acceptors (Lipinski definition) is 4. The molecule has 6 nitrogen and oxygen atoms in total. The highest BCUT2D eigenvalue weighted by Crippen LogP contribution is 2.44. The van der Waals surface area contributed by atoms with Crippen LogP contribution in [0.1, 0.15) is 12.5 Å². The zero-order valence-corrected chi connectivity index (χ0v) is 19.8. The molecular weight excluding hydrogens is 513 g/mol. The summed E-state index contributed by atoms with van der Waals surface area (Å²) >= 11 is 15.7. The number of anilines is 2. The molecular formula is C20H16BrCl2N3O3S. The summed E-state index contributed by atoms with van der Waals surface area (Å²) in [5, 5.41) is 0.683. The van der Waals surface area contributed by atoms with Crippen LogP contribution in [0.25, 0.3) is 0 Å². The van der Waals surface area contributed by atoms with Crippen LogP contribution in [0.3, 0.4) is 0 Å². The molecule has 1 atom stereocenters. The Morgan fingerprint density at radius 2 is 1.70 bits per heavy atom. The van der Waals surface area contributed by atoms with Crippen molar-refractivity contribution in [1.82, 2.24) is 9.55 Å². The molecule has 0 radical (unpaired) electrons. The molecule has 0 fully saturated rings. The van der Waals surface area contributed by atoms with Gasteiger partial charge in [0.25, 0.3) is 5.91 Å². The maximum Gasteiger partial charge on any atom is 0.260 e. The number of imidazole rings is 1. The average molecular weight is 529 g/mol. The van der Waals surface area contributed by atoms with Crippen LogP contribution in [0.5, 0.6) is 0 Å². The molecule has 0 aliphatic carbocycles. The molecule has 2 heterocycles. The van der Waals surface area contributed by atoms with Crippen molar-refractivity contribution in [3.05, 3.63) is 68.7 Å². The molecule has 0 spiro atoms. The van der Waals surface area contributed by atoms with Gasteiger partial charge in [-0.05, 0) is 42.8 Å². The summed E-state index contributed by atoms with van der Waals surface area (Å²) < 4.78 is 27.3. The summed E-state index contributed by atoms with van der Waals surface area (Å²) in [6.45, 7) is 1.71. The first-order valence-electron chi connectivity index (χ1n) is 8.84. The summed E-state index contributed by atoms with van der Waals surface area (Å²) in [6.07, 6.45) is 2.65. The predicted molar refractivity (Wildman–Crippen MR) is 120 cm³/mol. The van der Waals surface area contributed by atoms with Crippen LogP contribution in [0.4, 0.5) is 11.6 Å². The number of fused-ring (bicyclic) bond motifs is 1. The minimum atomic E-state index is -3.64. The number of halogens is 3. The van der Waals surface area contributed by atoms with Crippen LogP contribution in [0.2, 0.25) is 10.0 Å². The smallest absolute Gasteiger partial charge is 0.260 e. The summed E-state index contributed by atoms with van der Waals surface area (Å²) in [6, 6.07) is 12.3. The Labute approximate surface area is 192 Å². The van der Waals surface area contributed by atoms with Gasteiger partial charge >= 0.3 is 0 Å². The van der Waals surface area contributed by atoms with E-state index in [-0.39, 0.29) is 23.3 Å². The standard InChI is InChI=1S/C20H16BrCl2N3O3S/c1-20(10-12-3-5-13(21)6-4-12)18(27)25(16-8-14(22)7-15(23)9-16)19-24-11-17(26(19)20)30(2,28)29/h3-9,11H,10H2,1-2H3/t20-/m0/s1. The number of hydrogen-bond donors (Lipinski definition) is 0. The highest BCUT2D eigenvalue weighted by Gasteiger charge is 2.51. The molecule has 0 unspecified atom stereocenters. The number of amides is 1. The van der Waals surface area contributed by atoms with Crippen molar-refractivity contribution < 1.29 is 13.2 Å². The third-order valence-corrected chi connectivity index (χ3v) is 7.03. The van der Waals surface area contributed by atoms with Crippen molar-refractivity contribution in [2.24, 2.45) is 0 Å². The van der Waals surface area contributed by atoms with Crippen molar-refractivity contribution in [3.8, 4) is 0 Å². The minimum Gasteiger partial charge on any atom is -0.285 e. The maximum absolute atomic E-state index is 13.7. The third kappa shape index (κ3) is 3.56. The van der Waals surface area contributed by atoms with E-state index in [0.717, 1.165) is 16.3 Å². The monoisotopic (exact) mass is 527 g/mol. The third-order valence-electron chi connectivity index (χ3n) is 5.02. The zero-order valence-electron chi connectivity index (χ0n) is 15.9. The largest absolute Gasteiger partial charge is 0.285 e. The number of rotatable bonds is 4. The first-order valence-corrected chi connectivity index (χ1v) is 12.3. The number of benzene rings is 2. The Kier molecular flexibility index (Phi) is 5.25. The Bertz CT molecular complexity index is 1250. The fourth-order valence-corrected chi connectivity index (χ4v) is 5.33. The van der Waals surface area contributed by atoms with Crippen molar-refractivity contribution in [1.29, 1.82) is 0 Å². The SMILES string of the molecule is C[C@]1(Cc2ccc(Br)cc2)C(=O)N(c2cc(Cl)cc(Cl)c2)c2ncc(S(C)(=O)=O)n21. The van der Waals surface area contributed by atoms with Gasteiger partial charge in [-0.3, -0.25) is 9.36 Å². The molecule has 1 aliphatic rings. The molecule has 3 aromatic rings. The van der Waals surface area contributed by atoms with Crippen LogP contribution in [-0.2, 0) is 26.6 Å². The van der Waals surface area contributed by atoms with E-state index in [0.29, 0.717) is 15.7 Å². The highest BCUT2D eigenvalue weighted by atomic mass is 79.9. The molecule has 1 aliphatic heterocycles. The van der Waals surface area contributed by atoms with Crippen molar-refractivity contribution >= 4 is 66.5 Å². The van der Waals surface area contributed by atoms with Gasteiger partial charge in [0.2, 0.25) is 5.95 Å². The van der Waals surface area contributed by atoms with E-state index in [2.05, 4.69) is 20.9 Å². The van der Waals surface area contributed by atoms with Gasteiger partial charge in [0.05, 0.1) is 11.9 Å². The van der Waals surface area contributed by atoms with Crippen molar-refractivity contribution in [2.75, 3.05) is 11.2 Å². The van der Waals surface area contributed by atoms with Crippen LogP contribution in [0.15, 0.2) is 58.2 Å². The maximum atomic E-state index is 13.7. The van der Waals surface area contributed by atoms with Gasteiger partial charge in [0, 0.05) is 27.2 Å².